The fourth-order valence-corrected chi connectivity index (χ4v) is 1.92. The first-order valence-corrected chi connectivity index (χ1v) is 4.62. The summed E-state index contributed by atoms with van der Waals surface area (Å²) in [4.78, 5) is 10.9. The molecule has 0 aliphatic heterocycles. The van der Waals surface area contributed by atoms with E-state index < -0.39 is 5.97 Å². The number of benzene rings is 1. The van der Waals surface area contributed by atoms with Crippen LogP contribution in [0.15, 0.2) is 23.8 Å². The molecule has 0 unspecified atom stereocenters. The van der Waals surface area contributed by atoms with E-state index in [1.165, 1.54) is 5.56 Å². The van der Waals surface area contributed by atoms with Gasteiger partial charge in [0.1, 0.15) is 0 Å². The maximum absolute atomic E-state index is 10.9. The summed E-state index contributed by atoms with van der Waals surface area (Å²) in [5.74, 6) is -0.795. The largest absolute Gasteiger partial charge is 0.478 e. The Hall–Kier alpha value is -1.28. The molecular formula is C12H13ClO2. The number of fused-ring (bicyclic) bond motifs is 1. The van der Waals surface area contributed by atoms with Crippen LogP contribution in [0.4, 0.5) is 0 Å². The molecule has 15 heavy (non-hydrogen) atoms. The number of halogens is 1. The second-order valence-corrected chi connectivity index (χ2v) is 3.75. The number of hydrogen-bond donors (Lipinski definition) is 1. The quantitative estimate of drug-likeness (QED) is 0.797. The number of aliphatic carboxylic acids is 1. The molecule has 0 saturated carbocycles. The number of carboxylic acid groups (broad SMARTS) is 1. The molecule has 2 rings (SSSR count). The summed E-state index contributed by atoms with van der Waals surface area (Å²) in [6.07, 6.45) is 0.566. The van der Waals surface area contributed by atoms with Gasteiger partial charge in [-0.3, -0.25) is 0 Å². The highest BCUT2D eigenvalue weighted by atomic mass is 35.5. The van der Waals surface area contributed by atoms with Crippen molar-refractivity contribution in [2.24, 2.45) is 0 Å². The maximum atomic E-state index is 10.9. The maximum Gasteiger partial charge on any atom is 0.332 e. The molecule has 1 aromatic rings. The number of hydrogen-bond acceptors (Lipinski definition) is 1. The molecule has 0 amide bonds. The van der Waals surface area contributed by atoms with Crippen LogP contribution in [0.2, 0.25) is 0 Å². The number of carboxylic acids is 1. The summed E-state index contributed by atoms with van der Waals surface area (Å²) in [5.41, 5.74) is 4.85. The molecule has 1 aliphatic rings. The summed E-state index contributed by atoms with van der Waals surface area (Å²) < 4.78 is 0. The van der Waals surface area contributed by atoms with E-state index in [9.17, 15) is 4.79 Å². The zero-order valence-electron chi connectivity index (χ0n) is 8.70. The van der Waals surface area contributed by atoms with Crippen LogP contribution in [-0.4, -0.2) is 11.1 Å². The minimum Gasteiger partial charge on any atom is -0.478 e. The van der Waals surface area contributed by atoms with Crippen molar-refractivity contribution in [3.63, 3.8) is 0 Å². The third kappa shape index (κ3) is 1.90. The first kappa shape index (κ1) is 11.8. The van der Waals surface area contributed by atoms with Crippen LogP contribution in [0.3, 0.4) is 0 Å². The SMILES string of the molecule is CC1=C(C(=O)O)Cc2ccc(C)cc21.Cl. The van der Waals surface area contributed by atoms with Gasteiger partial charge in [0.25, 0.3) is 0 Å². The molecule has 80 valence electrons. The topological polar surface area (TPSA) is 37.3 Å². The smallest absolute Gasteiger partial charge is 0.332 e. The van der Waals surface area contributed by atoms with Gasteiger partial charge in [0.05, 0.1) is 0 Å². The minimum absolute atomic E-state index is 0. The Morgan fingerprint density at radius 3 is 2.60 bits per heavy atom. The van der Waals surface area contributed by atoms with Gasteiger partial charge >= 0.3 is 5.97 Å². The van der Waals surface area contributed by atoms with Crippen molar-refractivity contribution < 1.29 is 9.90 Å². The molecule has 0 heterocycles. The molecule has 0 bridgehead atoms. The van der Waals surface area contributed by atoms with Crippen molar-refractivity contribution in [2.45, 2.75) is 20.3 Å². The number of aryl methyl sites for hydroxylation is 1. The van der Waals surface area contributed by atoms with Crippen LogP contribution in [-0.2, 0) is 11.2 Å². The van der Waals surface area contributed by atoms with E-state index in [-0.39, 0.29) is 12.4 Å². The predicted molar refractivity (Wildman–Crippen MR) is 62.4 cm³/mol. The molecule has 0 fully saturated rings. The molecule has 0 atom stereocenters. The van der Waals surface area contributed by atoms with E-state index in [1.54, 1.807) is 0 Å². The second kappa shape index (κ2) is 4.07. The highest BCUT2D eigenvalue weighted by Gasteiger charge is 2.22. The molecule has 0 saturated heterocycles. The molecule has 0 aromatic heterocycles. The van der Waals surface area contributed by atoms with Crippen molar-refractivity contribution in [3.8, 4) is 0 Å². The Morgan fingerprint density at radius 1 is 1.33 bits per heavy atom. The average molecular weight is 225 g/mol. The Kier molecular flexibility index (Phi) is 3.20. The van der Waals surface area contributed by atoms with Crippen molar-refractivity contribution in [1.82, 2.24) is 0 Å². The number of allylic oxidation sites excluding steroid dienone is 1. The van der Waals surface area contributed by atoms with Crippen LogP contribution >= 0.6 is 12.4 Å². The van der Waals surface area contributed by atoms with Crippen molar-refractivity contribution >= 4 is 23.9 Å². The molecule has 1 N–H and O–H groups in total. The Bertz CT molecular complexity index is 447. The monoisotopic (exact) mass is 224 g/mol. The van der Waals surface area contributed by atoms with Gasteiger partial charge in [0.15, 0.2) is 0 Å². The predicted octanol–water partition coefficient (Wildman–Crippen LogP) is 2.83. The lowest BCUT2D eigenvalue weighted by Crippen LogP contribution is -2.00. The average Bonchev–Trinajstić information content (AvgIpc) is 2.44. The molecule has 0 radical (unpaired) electrons. The van der Waals surface area contributed by atoms with E-state index in [2.05, 4.69) is 6.07 Å². The molecule has 1 aliphatic carbocycles. The van der Waals surface area contributed by atoms with Gasteiger partial charge < -0.3 is 5.11 Å². The van der Waals surface area contributed by atoms with Crippen molar-refractivity contribution in [2.75, 3.05) is 0 Å². The van der Waals surface area contributed by atoms with Gasteiger partial charge in [-0.05, 0) is 30.5 Å². The minimum atomic E-state index is -0.795. The molecule has 0 spiro atoms. The highest BCUT2D eigenvalue weighted by Crippen LogP contribution is 2.32. The summed E-state index contributed by atoms with van der Waals surface area (Å²) in [7, 11) is 0. The molecule has 3 heteroatoms. The van der Waals surface area contributed by atoms with Crippen LogP contribution in [0.25, 0.3) is 5.57 Å². The highest BCUT2D eigenvalue weighted by molar-refractivity contribution is 5.99. The van der Waals surface area contributed by atoms with Gasteiger partial charge in [-0.15, -0.1) is 12.4 Å². The van der Waals surface area contributed by atoms with Gasteiger partial charge in [0, 0.05) is 12.0 Å². The lowest BCUT2D eigenvalue weighted by molar-refractivity contribution is -0.132. The zero-order valence-corrected chi connectivity index (χ0v) is 9.52. The standard InChI is InChI=1S/C12H12O2.ClH/c1-7-3-4-9-6-11(12(13)14)8(2)10(9)5-7;/h3-5H,6H2,1-2H3,(H,13,14);1H. The lowest BCUT2D eigenvalue weighted by atomic mass is 10.0. The Morgan fingerprint density at radius 2 is 2.00 bits per heavy atom. The fraction of sp³-hybridized carbons (Fsp3) is 0.250. The Balaban J connectivity index is 0.00000112. The first-order chi connectivity index (χ1) is 6.59. The van der Waals surface area contributed by atoms with E-state index in [0.717, 1.165) is 16.7 Å². The number of rotatable bonds is 1. The van der Waals surface area contributed by atoms with Gasteiger partial charge in [-0.25, -0.2) is 4.79 Å². The Labute approximate surface area is 95.0 Å². The van der Waals surface area contributed by atoms with E-state index in [1.807, 2.05) is 26.0 Å². The van der Waals surface area contributed by atoms with E-state index in [0.29, 0.717) is 12.0 Å². The summed E-state index contributed by atoms with van der Waals surface area (Å²) in [6, 6.07) is 6.10. The van der Waals surface area contributed by atoms with Crippen molar-refractivity contribution in [3.05, 3.63) is 40.5 Å². The first-order valence-electron chi connectivity index (χ1n) is 4.62. The third-order valence-corrected chi connectivity index (χ3v) is 2.75. The van der Waals surface area contributed by atoms with Crippen LogP contribution < -0.4 is 0 Å². The van der Waals surface area contributed by atoms with Crippen molar-refractivity contribution in [1.29, 1.82) is 0 Å². The van der Waals surface area contributed by atoms with Crippen LogP contribution in [0, 0.1) is 6.92 Å². The lowest BCUT2D eigenvalue weighted by Gasteiger charge is -2.01. The normalized spacial score (nSPS) is 13.5. The van der Waals surface area contributed by atoms with E-state index >= 15 is 0 Å². The fourth-order valence-electron chi connectivity index (χ4n) is 1.92. The summed E-state index contributed by atoms with van der Waals surface area (Å²) in [5, 5.41) is 8.97. The molecule has 2 nitrogen and oxygen atoms in total. The third-order valence-electron chi connectivity index (χ3n) is 2.75. The zero-order chi connectivity index (χ0) is 10.3. The molecule has 1 aromatic carbocycles. The van der Waals surface area contributed by atoms with Gasteiger partial charge in [-0.2, -0.15) is 0 Å². The second-order valence-electron chi connectivity index (χ2n) is 3.75. The van der Waals surface area contributed by atoms with Gasteiger partial charge in [-0.1, -0.05) is 23.8 Å². The van der Waals surface area contributed by atoms with E-state index in [4.69, 9.17) is 5.11 Å². The summed E-state index contributed by atoms with van der Waals surface area (Å²) >= 11 is 0. The molecular weight excluding hydrogens is 212 g/mol. The summed E-state index contributed by atoms with van der Waals surface area (Å²) in [6.45, 7) is 3.90. The van der Waals surface area contributed by atoms with Gasteiger partial charge in [0.2, 0.25) is 0 Å². The van der Waals surface area contributed by atoms with Crippen LogP contribution in [0.1, 0.15) is 23.6 Å². The number of carbonyl (C=O) groups is 1. The van der Waals surface area contributed by atoms with Crippen LogP contribution in [0.5, 0.6) is 0 Å².